The van der Waals surface area contributed by atoms with Crippen molar-refractivity contribution in [3.8, 4) is 5.75 Å². The highest BCUT2D eigenvalue weighted by atomic mass is 16.5. The predicted octanol–water partition coefficient (Wildman–Crippen LogP) is 2.68. The lowest BCUT2D eigenvalue weighted by molar-refractivity contribution is -0.0567. The second-order valence-electron chi connectivity index (χ2n) is 5.45. The lowest BCUT2D eigenvalue weighted by Gasteiger charge is -2.40. The Morgan fingerprint density at radius 1 is 1.33 bits per heavy atom. The number of azide groups is 1. The first-order valence-corrected chi connectivity index (χ1v) is 6.42. The lowest BCUT2D eigenvalue weighted by atomic mass is 9.86. The molecular weight excluding hydrogens is 274 g/mol. The SMILES string of the molecule is CC1(C)Oc2ccc3ccc(=O)oc3c2[C@@H](N=[N+]=[N-])[C@H]1O. The summed E-state index contributed by atoms with van der Waals surface area (Å²) in [4.78, 5) is 14.3. The van der Waals surface area contributed by atoms with Crippen molar-refractivity contribution in [3.63, 3.8) is 0 Å². The number of hydrogen-bond donors (Lipinski definition) is 1. The second-order valence-corrected chi connectivity index (χ2v) is 5.45. The summed E-state index contributed by atoms with van der Waals surface area (Å²) in [6.07, 6.45) is -1.06. The van der Waals surface area contributed by atoms with E-state index in [9.17, 15) is 9.90 Å². The first-order chi connectivity index (χ1) is 9.94. The van der Waals surface area contributed by atoms with Gasteiger partial charge in [0.25, 0.3) is 0 Å². The van der Waals surface area contributed by atoms with E-state index in [2.05, 4.69) is 10.0 Å². The summed E-state index contributed by atoms with van der Waals surface area (Å²) in [6.45, 7) is 3.40. The Hall–Kier alpha value is -2.50. The highest BCUT2D eigenvalue weighted by Gasteiger charge is 2.44. The van der Waals surface area contributed by atoms with Crippen LogP contribution in [0.4, 0.5) is 0 Å². The third-order valence-electron chi connectivity index (χ3n) is 3.64. The van der Waals surface area contributed by atoms with Crippen molar-refractivity contribution >= 4 is 11.0 Å². The van der Waals surface area contributed by atoms with Gasteiger partial charge in [0.2, 0.25) is 0 Å². The number of fused-ring (bicyclic) bond motifs is 3. The Kier molecular flexibility index (Phi) is 2.90. The van der Waals surface area contributed by atoms with Crippen LogP contribution in [0.5, 0.6) is 5.75 Å². The van der Waals surface area contributed by atoms with E-state index in [-0.39, 0.29) is 5.58 Å². The van der Waals surface area contributed by atoms with Gasteiger partial charge >= 0.3 is 5.63 Å². The van der Waals surface area contributed by atoms with Crippen LogP contribution in [0.15, 0.2) is 38.6 Å². The molecule has 1 aromatic carbocycles. The second kappa shape index (κ2) is 4.51. The molecule has 0 unspecified atom stereocenters. The molecule has 1 N–H and O–H groups in total. The number of nitrogens with zero attached hydrogens (tertiary/aromatic N) is 3. The van der Waals surface area contributed by atoms with E-state index in [1.807, 2.05) is 0 Å². The first-order valence-electron chi connectivity index (χ1n) is 6.42. The number of aliphatic hydroxyl groups excluding tert-OH is 1. The molecule has 108 valence electrons. The number of benzene rings is 1. The minimum atomic E-state index is -1.06. The number of rotatable bonds is 1. The molecule has 0 aliphatic carbocycles. The Labute approximate surface area is 119 Å². The van der Waals surface area contributed by atoms with Crippen LogP contribution in [0.25, 0.3) is 21.4 Å². The maximum Gasteiger partial charge on any atom is 0.336 e. The molecule has 1 aliphatic heterocycles. The van der Waals surface area contributed by atoms with Crippen LogP contribution in [-0.4, -0.2) is 16.8 Å². The molecule has 7 nitrogen and oxygen atoms in total. The third kappa shape index (κ3) is 2.03. The van der Waals surface area contributed by atoms with Gasteiger partial charge < -0.3 is 14.3 Å². The van der Waals surface area contributed by atoms with Gasteiger partial charge in [0, 0.05) is 21.9 Å². The zero-order chi connectivity index (χ0) is 15.2. The Bertz CT molecular complexity index is 821. The molecule has 7 heteroatoms. The molecule has 0 saturated heterocycles. The first kappa shape index (κ1) is 13.5. The molecule has 2 heterocycles. The molecule has 0 fully saturated rings. The van der Waals surface area contributed by atoms with Crippen LogP contribution < -0.4 is 10.4 Å². The van der Waals surface area contributed by atoms with Gasteiger partial charge in [0.05, 0.1) is 6.04 Å². The van der Waals surface area contributed by atoms with Gasteiger partial charge in [0.15, 0.2) is 0 Å². The summed E-state index contributed by atoms with van der Waals surface area (Å²) in [5.41, 5.74) is 8.00. The average molecular weight is 287 g/mol. The van der Waals surface area contributed by atoms with Crippen LogP contribution in [0.3, 0.4) is 0 Å². The molecular formula is C14H13N3O4. The van der Waals surface area contributed by atoms with Gasteiger partial charge in [-0.15, -0.1) is 0 Å². The van der Waals surface area contributed by atoms with E-state index in [1.165, 1.54) is 6.07 Å². The third-order valence-corrected chi connectivity index (χ3v) is 3.64. The number of ether oxygens (including phenoxy) is 1. The number of hydrogen-bond acceptors (Lipinski definition) is 5. The van der Waals surface area contributed by atoms with Crippen molar-refractivity contribution in [2.24, 2.45) is 5.11 Å². The standard InChI is InChI=1S/C14H13N3O4/c1-14(2)13(19)11(16-17-15)10-8(21-14)5-3-7-4-6-9(18)20-12(7)10/h3-6,11,13,19H,1-2H3/t11-,13-/m1/s1. The van der Waals surface area contributed by atoms with Crippen LogP contribution in [0.1, 0.15) is 25.5 Å². The quantitative estimate of drug-likeness (QED) is 0.376. The van der Waals surface area contributed by atoms with E-state index < -0.39 is 23.4 Å². The van der Waals surface area contributed by atoms with Crippen molar-refractivity contribution in [3.05, 3.63) is 50.7 Å². The molecule has 1 aromatic heterocycles. The van der Waals surface area contributed by atoms with Crippen LogP contribution in [-0.2, 0) is 0 Å². The van der Waals surface area contributed by atoms with E-state index >= 15 is 0 Å². The van der Waals surface area contributed by atoms with Gasteiger partial charge in [-0.25, -0.2) is 4.79 Å². The molecule has 0 saturated carbocycles. The topological polar surface area (TPSA) is 108 Å². The van der Waals surface area contributed by atoms with Crippen molar-refractivity contribution < 1.29 is 14.3 Å². The van der Waals surface area contributed by atoms with Crippen LogP contribution in [0, 0.1) is 0 Å². The normalized spacial score (nSPS) is 23.0. The van der Waals surface area contributed by atoms with E-state index in [1.54, 1.807) is 32.0 Å². The molecule has 2 aromatic rings. The van der Waals surface area contributed by atoms with Gasteiger partial charge in [-0.2, -0.15) is 0 Å². The van der Waals surface area contributed by atoms with Gasteiger partial charge in [0.1, 0.15) is 23.0 Å². The Balaban J connectivity index is 2.38. The highest BCUT2D eigenvalue weighted by Crippen LogP contribution is 2.44. The molecule has 21 heavy (non-hydrogen) atoms. The molecule has 0 spiro atoms. The Morgan fingerprint density at radius 3 is 2.76 bits per heavy atom. The fourth-order valence-electron chi connectivity index (χ4n) is 2.56. The van der Waals surface area contributed by atoms with Crippen molar-refractivity contribution in [2.45, 2.75) is 31.6 Å². The lowest BCUT2D eigenvalue weighted by Crippen LogP contribution is -2.48. The van der Waals surface area contributed by atoms with E-state index in [4.69, 9.17) is 14.7 Å². The van der Waals surface area contributed by atoms with Crippen molar-refractivity contribution in [1.82, 2.24) is 0 Å². The molecule has 2 atom stereocenters. The summed E-state index contributed by atoms with van der Waals surface area (Å²) in [5.74, 6) is 0.435. The summed E-state index contributed by atoms with van der Waals surface area (Å²) in [7, 11) is 0. The van der Waals surface area contributed by atoms with Crippen LogP contribution in [0.2, 0.25) is 0 Å². The highest BCUT2D eigenvalue weighted by molar-refractivity contribution is 5.83. The van der Waals surface area contributed by atoms with Crippen molar-refractivity contribution in [2.75, 3.05) is 0 Å². The smallest absolute Gasteiger partial charge is 0.336 e. The minimum absolute atomic E-state index is 0.270. The molecule has 0 amide bonds. The van der Waals surface area contributed by atoms with E-state index in [0.29, 0.717) is 16.7 Å². The summed E-state index contributed by atoms with van der Waals surface area (Å²) in [5, 5.41) is 14.7. The molecule has 3 rings (SSSR count). The summed E-state index contributed by atoms with van der Waals surface area (Å²) < 4.78 is 11.0. The van der Waals surface area contributed by atoms with Gasteiger partial charge in [-0.1, -0.05) is 5.11 Å². The maximum atomic E-state index is 11.5. The fourth-order valence-corrected chi connectivity index (χ4v) is 2.56. The molecule has 0 radical (unpaired) electrons. The Morgan fingerprint density at radius 2 is 2.05 bits per heavy atom. The maximum absolute atomic E-state index is 11.5. The van der Waals surface area contributed by atoms with E-state index in [0.717, 1.165) is 0 Å². The summed E-state index contributed by atoms with van der Waals surface area (Å²) in [6, 6.07) is 5.49. The zero-order valence-corrected chi connectivity index (χ0v) is 11.5. The minimum Gasteiger partial charge on any atom is -0.485 e. The van der Waals surface area contributed by atoms with Crippen molar-refractivity contribution in [1.29, 1.82) is 0 Å². The van der Waals surface area contributed by atoms with Crippen LogP contribution >= 0.6 is 0 Å². The number of aliphatic hydroxyl groups is 1. The monoisotopic (exact) mass is 287 g/mol. The predicted molar refractivity (Wildman–Crippen MR) is 75.1 cm³/mol. The fraction of sp³-hybridized carbons (Fsp3) is 0.357. The molecule has 1 aliphatic rings. The largest absolute Gasteiger partial charge is 0.485 e. The molecule has 0 bridgehead atoms. The summed E-state index contributed by atoms with van der Waals surface area (Å²) >= 11 is 0. The average Bonchev–Trinajstić information content (AvgIpc) is 2.43. The van der Waals surface area contributed by atoms with Gasteiger partial charge in [-0.3, -0.25) is 0 Å². The zero-order valence-electron chi connectivity index (χ0n) is 11.5. The van der Waals surface area contributed by atoms with Gasteiger partial charge in [-0.05, 0) is 37.6 Å².